The van der Waals surface area contributed by atoms with Crippen molar-refractivity contribution in [3.05, 3.63) is 0 Å². The third-order valence-electron chi connectivity index (χ3n) is 3.47. The Labute approximate surface area is 101 Å². The highest BCUT2D eigenvalue weighted by Crippen LogP contribution is 2.17. The molecule has 3 heteroatoms. The van der Waals surface area contributed by atoms with Gasteiger partial charge in [-0.25, -0.2) is 0 Å². The van der Waals surface area contributed by atoms with Gasteiger partial charge in [0, 0.05) is 25.7 Å². The van der Waals surface area contributed by atoms with Crippen LogP contribution in [0.1, 0.15) is 33.6 Å². The zero-order valence-electron chi connectivity index (χ0n) is 11.3. The van der Waals surface area contributed by atoms with Gasteiger partial charge in [-0.3, -0.25) is 4.90 Å². The van der Waals surface area contributed by atoms with E-state index in [1.54, 1.807) is 7.11 Å². The Kier molecular flexibility index (Phi) is 6.32. The van der Waals surface area contributed by atoms with Crippen LogP contribution in [0.15, 0.2) is 0 Å². The molecule has 96 valence electrons. The Bertz CT molecular complexity index is 179. The van der Waals surface area contributed by atoms with E-state index >= 15 is 0 Å². The van der Waals surface area contributed by atoms with Crippen molar-refractivity contribution in [2.24, 2.45) is 5.92 Å². The molecule has 0 saturated carbocycles. The highest BCUT2D eigenvalue weighted by Gasteiger charge is 2.24. The predicted molar refractivity (Wildman–Crippen MR) is 68.8 cm³/mol. The number of nitrogens with one attached hydrogen (secondary N) is 1. The molecule has 16 heavy (non-hydrogen) atoms. The molecule has 3 nitrogen and oxygen atoms in total. The van der Waals surface area contributed by atoms with E-state index in [2.05, 4.69) is 31.0 Å². The molecule has 0 aromatic rings. The van der Waals surface area contributed by atoms with Crippen molar-refractivity contribution in [1.29, 1.82) is 0 Å². The van der Waals surface area contributed by atoms with E-state index in [0.29, 0.717) is 12.1 Å². The number of methoxy groups -OCH3 is 1. The van der Waals surface area contributed by atoms with Crippen LogP contribution in [0.25, 0.3) is 0 Å². The minimum Gasteiger partial charge on any atom is -0.383 e. The van der Waals surface area contributed by atoms with Gasteiger partial charge in [0.2, 0.25) is 0 Å². The molecule has 0 radical (unpaired) electrons. The predicted octanol–water partition coefficient (Wildman–Crippen LogP) is 1.73. The van der Waals surface area contributed by atoms with Gasteiger partial charge in [-0.05, 0) is 38.8 Å². The van der Waals surface area contributed by atoms with Crippen molar-refractivity contribution in [1.82, 2.24) is 10.2 Å². The maximum absolute atomic E-state index is 5.15. The number of rotatable bonds is 7. The fourth-order valence-electron chi connectivity index (χ4n) is 2.49. The smallest absolute Gasteiger partial charge is 0.0613 e. The summed E-state index contributed by atoms with van der Waals surface area (Å²) in [5.74, 6) is 0.723. The van der Waals surface area contributed by atoms with E-state index in [0.717, 1.165) is 19.1 Å². The third-order valence-corrected chi connectivity index (χ3v) is 3.47. The average molecular weight is 228 g/mol. The van der Waals surface area contributed by atoms with Crippen molar-refractivity contribution in [2.45, 2.75) is 45.7 Å². The molecule has 1 heterocycles. The molecule has 1 saturated heterocycles. The Morgan fingerprint density at radius 2 is 1.81 bits per heavy atom. The van der Waals surface area contributed by atoms with Crippen LogP contribution in [0.2, 0.25) is 0 Å². The number of ether oxygens (including phenoxy) is 1. The lowest BCUT2D eigenvalue weighted by atomic mass is 10.0. The topological polar surface area (TPSA) is 24.5 Å². The molecule has 1 fully saturated rings. The second-order valence-corrected chi connectivity index (χ2v) is 5.32. The largest absolute Gasteiger partial charge is 0.383 e. The Morgan fingerprint density at radius 3 is 2.31 bits per heavy atom. The van der Waals surface area contributed by atoms with E-state index in [1.807, 2.05) is 0 Å². The minimum absolute atomic E-state index is 0.453. The molecular weight excluding hydrogens is 200 g/mol. The van der Waals surface area contributed by atoms with Crippen molar-refractivity contribution in [3.63, 3.8) is 0 Å². The lowest BCUT2D eigenvalue weighted by Crippen LogP contribution is -2.47. The number of hydrogen-bond donors (Lipinski definition) is 1. The van der Waals surface area contributed by atoms with Crippen LogP contribution >= 0.6 is 0 Å². The number of hydrogen-bond acceptors (Lipinski definition) is 3. The first-order valence-electron chi connectivity index (χ1n) is 6.61. The highest BCUT2D eigenvalue weighted by molar-refractivity contribution is 4.81. The molecular formula is C13H28N2O. The van der Waals surface area contributed by atoms with Crippen molar-refractivity contribution in [2.75, 3.05) is 33.4 Å². The summed E-state index contributed by atoms with van der Waals surface area (Å²) >= 11 is 0. The van der Waals surface area contributed by atoms with Crippen LogP contribution in [0.3, 0.4) is 0 Å². The van der Waals surface area contributed by atoms with Gasteiger partial charge in [0.05, 0.1) is 6.61 Å². The summed E-state index contributed by atoms with van der Waals surface area (Å²) in [5.41, 5.74) is 0. The van der Waals surface area contributed by atoms with Gasteiger partial charge in [0.15, 0.2) is 0 Å². The molecule has 0 aromatic heterocycles. The number of nitrogens with zero attached hydrogens (tertiary/aromatic N) is 1. The van der Waals surface area contributed by atoms with Crippen LogP contribution in [-0.2, 0) is 4.74 Å². The molecule has 1 aliphatic rings. The maximum Gasteiger partial charge on any atom is 0.0613 e. The van der Waals surface area contributed by atoms with Crippen LogP contribution < -0.4 is 5.32 Å². The SMILES string of the molecule is COCC(C)NCC(C(C)C)N1CCCC1. The van der Waals surface area contributed by atoms with Crippen LogP contribution in [0.4, 0.5) is 0 Å². The lowest BCUT2D eigenvalue weighted by molar-refractivity contribution is 0.150. The Morgan fingerprint density at radius 1 is 1.19 bits per heavy atom. The summed E-state index contributed by atoms with van der Waals surface area (Å²) in [6.07, 6.45) is 2.74. The summed E-state index contributed by atoms with van der Waals surface area (Å²) in [4.78, 5) is 2.64. The van der Waals surface area contributed by atoms with Gasteiger partial charge in [0.1, 0.15) is 0 Å². The normalized spacial score (nSPS) is 21.6. The van der Waals surface area contributed by atoms with Gasteiger partial charge in [-0.1, -0.05) is 13.8 Å². The summed E-state index contributed by atoms with van der Waals surface area (Å²) in [6, 6.07) is 1.13. The summed E-state index contributed by atoms with van der Waals surface area (Å²) in [7, 11) is 1.76. The minimum atomic E-state index is 0.453. The zero-order chi connectivity index (χ0) is 12.0. The van der Waals surface area contributed by atoms with Crippen molar-refractivity contribution < 1.29 is 4.74 Å². The molecule has 2 unspecified atom stereocenters. The molecule has 0 bridgehead atoms. The van der Waals surface area contributed by atoms with E-state index < -0.39 is 0 Å². The first-order chi connectivity index (χ1) is 7.65. The number of likely N-dealkylation sites (tertiary alicyclic amines) is 1. The van der Waals surface area contributed by atoms with Gasteiger partial charge in [-0.2, -0.15) is 0 Å². The summed E-state index contributed by atoms with van der Waals surface area (Å²) < 4.78 is 5.15. The quantitative estimate of drug-likeness (QED) is 0.718. The van der Waals surface area contributed by atoms with Crippen LogP contribution in [-0.4, -0.2) is 50.3 Å². The highest BCUT2D eigenvalue weighted by atomic mass is 16.5. The van der Waals surface area contributed by atoms with Crippen molar-refractivity contribution in [3.8, 4) is 0 Å². The zero-order valence-corrected chi connectivity index (χ0v) is 11.3. The monoisotopic (exact) mass is 228 g/mol. The van der Waals surface area contributed by atoms with Gasteiger partial charge < -0.3 is 10.1 Å². The maximum atomic E-state index is 5.15. The molecule has 0 aliphatic carbocycles. The van der Waals surface area contributed by atoms with E-state index in [4.69, 9.17) is 4.74 Å². The molecule has 0 amide bonds. The van der Waals surface area contributed by atoms with Crippen LogP contribution in [0, 0.1) is 5.92 Å². The van der Waals surface area contributed by atoms with Crippen LogP contribution in [0.5, 0.6) is 0 Å². The molecule has 1 aliphatic heterocycles. The van der Waals surface area contributed by atoms with Gasteiger partial charge in [0.25, 0.3) is 0 Å². The fraction of sp³-hybridized carbons (Fsp3) is 1.00. The molecule has 1 rings (SSSR count). The first-order valence-corrected chi connectivity index (χ1v) is 6.61. The lowest BCUT2D eigenvalue weighted by Gasteiger charge is -2.32. The molecule has 0 spiro atoms. The van der Waals surface area contributed by atoms with E-state index in [1.165, 1.54) is 25.9 Å². The standard InChI is InChI=1S/C13H28N2O/c1-11(2)13(15-7-5-6-8-15)9-14-12(3)10-16-4/h11-14H,5-10H2,1-4H3. The fourth-order valence-corrected chi connectivity index (χ4v) is 2.49. The summed E-state index contributed by atoms with van der Waals surface area (Å²) in [5, 5.41) is 3.58. The third kappa shape index (κ3) is 4.40. The average Bonchev–Trinajstić information content (AvgIpc) is 2.71. The molecule has 0 aromatic carbocycles. The summed E-state index contributed by atoms with van der Waals surface area (Å²) in [6.45, 7) is 11.3. The van der Waals surface area contributed by atoms with Crippen molar-refractivity contribution >= 4 is 0 Å². The van der Waals surface area contributed by atoms with E-state index in [-0.39, 0.29) is 0 Å². The van der Waals surface area contributed by atoms with Gasteiger partial charge >= 0.3 is 0 Å². The Balaban J connectivity index is 2.33. The van der Waals surface area contributed by atoms with Gasteiger partial charge in [-0.15, -0.1) is 0 Å². The molecule has 2 atom stereocenters. The van der Waals surface area contributed by atoms with E-state index in [9.17, 15) is 0 Å². The molecule has 1 N–H and O–H groups in total. The Hall–Kier alpha value is -0.120. The second kappa shape index (κ2) is 7.25. The first kappa shape index (κ1) is 13.9. The second-order valence-electron chi connectivity index (χ2n) is 5.32.